The number of aryl methyl sites for hydroxylation is 1. The first-order valence-electron chi connectivity index (χ1n) is 5.29. The summed E-state index contributed by atoms with van der Waals surface area (Å²) in [6, 6.07) is 2.77. The van der Waals surface area contributed by atoms with Crippen LogP contribution in [0.15, 0.2) is 33.8 Å². The molecule has 0 atom stereocenters. The molecule has 5 nitrogen and oxygen atoms in total. The molecule has 2 aromatic rings. The Hall–Kier alpha value is -2.02. The number of amides is 1. The summed E-state index contributed by atoms with van der Waals surface area (Å²) in [5.41, 5.74) is 0.689. The zero-order chi connectivity index (χ0) is 14.0. The lowest BCUT2D eigenvalue weighted by atomic mass is 10.2. The van der Waals surface area contributed by atoms with E-state index < -0.39 is 17.3 Å². The number of carbonyl (C=O) groups is 1. The minimum atomic E-state index is -0.527. The Morgan fingerprint density at radius 1 is 1.47 bits per heavy atom. The molecule has 0 fully saturated rings. The van der Waals surface area contributed by atoms with Gasteiger partial charge in [-0.25, -0.2) is 9.37 Å². The van der Waals surface area contributed by atoms with E-state index in [1.165, 1.54) is 12.3 Å². The van der Waals surface area contributed by atoms with Gasteiger partial charge in [0.25, 0.3) is 11.5 Å². The molecule has 0 aliphatic heterocycles. The molecular formula is C12H9BrFN3O2. The van der Waals surface area contributed by atoms with Gasteiger partial charge in [0, 0.05) is 11.9 Å². The molecule has 2 rings (SSSR count). The van der Waals surface area contributed by atoms with E-state index >= 15 is 0 Å². The van der Waals surface area contributed by atoms with Gasteiger partial charge in [-0.1, -0.05) is 0 Å². The Labute approximate surface area is 116 Å². The van der Waals surface area contributed by atoms with Crippen LogP contribution in [0.4, 0.5) is 10.1 Å². The SMILES string of the molecule is Cc1cc(Br)c(F)cc1NC(=O)c1c[nH]c(=O)cn1. The highest BCUT2D eigenvalue weighted by Gasteiger charge is 2.11. The van der Waals surface area contributed by atoms with E-state index in [9.17, 15) is 14.0 Å². The summed E-state index contributed by atoms with van der Waals surface area (Å²) in [6.45, 7) is 1.74. The monoisotopic (exact) mass is 325 g/mol. The van der Waals surface area contributed by atoms with Crippen molar-refractivity contribution < 1.29 is 9.18 Å². The van der Waals surface area contributed by atoms with Crippen molar-refractivity contribution in [3.63, 3.8) is 0 Å². The van der Waals surface area contributed by atoms with Gasteiger partial charge < -0.3 is 10.3 Å². The Morgan fingerprint density at radius 2 is 2.21 bits per heavy atom. The van der Waals surface area contributed by atoms with Crippen molar-refractivity contribution in [2.45, 2.75) is 6.92 Å². The van der Waals surface area contributed by atoms with Crippen LogP contribution < -0.4 is 10.9 Å². The summed E-state index contributed by atoms with van der Waals surface area (Å²) < 4.78 is 13.7. The van der Waals surface area contributed by atoms with Gasteiger partial charge in [-0.3, -0.25) is 9.59 Å². The number of hydrogen-bond acceptors (Lipinski definition) is 3. The minimum Gasteiger partial charge on any atom is -0.325 e. The average molecular weight is 326 g/mol. The second-order valence-electron chi connectivity index (χ2n) is 3.83. The summed E-state index contributed by atoms with van der Waals surface area (Å²) in [4.78, 5) is 28.7. The first-order valence-corrected chi connectivity index (χ1v) is 6.08. The molecule has 0 radical (unpaired) electrons. The van der Waals surface area contributed by atoms with Gasteiger partial charge in [-0.05, 0) is 40.5 Å². The summed E-state index contributed by atoms with van der Waals surface area (Å²) in [7, 11) is 0. The van der Waals surface area contributed by atoms with Crippen molar-refractivity contribution in [3.05, 3.63) is 56.4 Å². The number of carbonyl (C=O) groups excluding carboxylic acids is 1. The fourth-order valence-electron chi connectivity index (χ4n) is 1.43. The van der Waals surface area contributed by atoms with Crippen LogP contribution in [0.5, 0.6) is 0 Å². The minimum absolute atomic E-state index is 0.0438. The lowest BCUT2D eigenvalue weighted by molar-refractivity contribution is 0.102. The van der Waals surface area contributed by atoms with Crippen LogP contribution in [-0.4, -0.2) is 15.9 Å². The van der Waals surface area contributed by atoms with Gasteiger partial charge in [-0.2, -0.15) is 0 Å². The molecule has 1 amide bonds. The summed E-state index contributed by atoms with van der Waals surface area (Å²) in [6.07, 6.45) is 2.20. The molecule has 1 aromatic heterocycles. The third-order valence-electron chi connectivity index (χ3n) is 2.42. The Bertz CT molecular complexity index is 679. The number of hydrogen-bond donors (Lipinski definition) is 2. The molecule has 19 heavy (non-hydrogen) atoms. The van der Waals surface area contributed by atoms with Crippen LogP contribution in [0.3, 0.4) is 0 Å². The van der Waals surface area contributed by atoms with E-state index in [0.29, 0.717) is 15.7 Å². The molecule has 2 N–H and O–H groups in total. The smallest absolute Gasteiger partial charge is 0.275 e. The third-order valence-corrected chi connectivity index (χ3v) is 3.03. The number of aromatic amines is 1. The van der Waals surface area contributed by atoms with Crippen molar-refractivity contribution in [1.29, 1.82) is 0 Å². The second-order valence-corrected chi connectivity index (χ2v) is 4.69. The Balaban J connectivity index is 2.26. The van der Waals surface area contributed by atoms with Crippen LogP contribution in [0.2, 0.25) is 0 Å². The molecule has 0 aliphatic rings. The fourth-order valence-corrected chi connectivity index (χ4v) is 1.89. The van der Waals surface area contributed by atoms with Gasteiger partial charge >= 0.3 is 0 Å². The molecule has 0 spiro atoms. The van der Waals surface area contributed by atoms with Gasteiger partial charge in [0.05, 0.1) is 10.7 Å². The van der Waals surface area contributed by atoms with E-state index in [2.05, 4.69) is 31.2 Å². The molecular weight excluding hydrogens is 317 g/mol. The second kappa shape index (κ2) is 5.31. The Kier molecular flexibility index (Phi) is 3.75. The van der Waals surface area contributed by atoms with E-state index in [1.807, 2.05) is 0 Å². The van der Waals surface area contributed by atoms with Crippen LogP contribution in [-0.2, 0) is 0 Å². The highest BCUT2D eigenvalue weighted by atomic mass is 79.9. The molecule has 0 unspecified atom stereocenters. The summed E-state index contributed by atoms with van der Waals surface area (Å²) >= 11 is 3.06. The predicted molar refractivity (Wildman–Crippen MR) is 71.6 cm³/mol. The number of nitrogens with zero attached hydrogens (tertiary/aromatic N) is 1. The van der Waals surface area contributed by atoms with Crippen molar-refractivity contribution in [1.82, 2.24) is 9.97 Å². The van der Waals surface area contributed by atoms with Gasteiger partial charge in [0.2, 0.25) is 0 Å². The number of aromatic nitrogens is 2. The maximum absolute atomic E-state index is 13.4. The van der Waals surface area contributed by atoms with E-state index in [1.54, 1.807) is 13.0 Å². The van der Waals surface area contributed by atoms with Crippen LogP contribution in [0.1, 0.15) is 16.1 Å². The van der Waals surface area contributed by atoms with Crippen LogP contribution in [0, 0.1) is 12.7 Å². The normalized spacial score (nSPS) is 10.3. The zero-order valence-electron chi connectivity index (χ0n) is 9.83. The lowest BCUT2D eigenvalue weighted by Crippen LogP contribution is -2.17. The fraction of sp³-hybridized carbons (Fsp3) is 0.0833. The molecule has 1 aromatic carbocycles. The molecule has 0 saturated heterocycles. The molecule has 0 bridgehead atoms. The third kappa shape index (κ3) is 3.05. The van der Waals surface area contributed by atoms with Crippen molar-refractivity contribution >= 4 is 27.5 Å². The maximum Gasteiger partial charge on any atom is 0.275 e. The molecule has 0 aliphatic carbocycles. The number of nitrogens with one attached hydrogen (secondary N) is 2. The summed E-state index contributed by atoms with van der Waals surface area (Å²) in [5, 5.41) is 2.53. The number of benzene rings is 1. The van der Waals surface area contributed by atoms with E-state index in [-0.39, 0.29) is 5.69 Å². The van der Waals surface area contributed by atoms with Gasteiger partial charge in [0.1, 0.15) is 11.5 Å². The first-order chi connectivity index (χ1) is 8.97. The molecule has 7 heteroatoms. The highest BCUT2D eigenvalue weighted by molar-refractivity contribution is 9.10. The number of H-pyrrole nitrogens is 1. The quantitative estimate of drug-likeness (QED) is 0.889. The highest BCUT2D eigenvalue weighted by Crippen LogP contribution is 2.24. The lowest BCUT2D eigenvalue weighted by Gasteiger charge is -2.08. The van der Waals surface area contributed by atoms with Crippen LogP contribution in [0.25, 0.3) is 0 Å². The average Bonchev–Trinajstić information content (AvgIpc) is 2.36. The summed E-state index contributed by atoms with van der Waals surface area (Å²) in [5.74, 6) is -1.00. The van der Waals surface area contributed by atoms with E-state index in [4.69, 9.17) is 0 Å². The zero-order valence-corrected chi connectivity index (χ0v) is 11.4. The molecule has 1 heterocycles. The number of anilines is 1. The predicted octanol–water partition coefficient (Wildman–Crippen LogP) is 2.23. The van der Waals surface area contributed by atoms with Crippen molar-refractivity contribution in [2.75, 3.05) is 5.32 Å². The van der Waals surface area contributed by atoms with Gasteiger partial charge in [0.15, 0.2) is 0 Å². The van der Waals surface area contributed by atoms with Crippen molar-refractivity contribution in [3.8, 4) is 0 Å². The Morgan fingerprint density at radius 3 is 2.84 bits per heavy atom. The molecule has 0 saturated carbocycles. The largest absolute Gasteiger partial charge is 0.325 e. The standard InChI is InChI=1S/C12H9BrFN3O2/c1-6-2-7(13)8(14)3-9(6)17-12(19)10-4-16-11(18)5-15-10/h2-5H,1H3,(H,16,18)(H,17,19). The first kappa shape index (κ1) is 13.4. The maximum atomic E-state index is 13.4. The number of halogens is 2. The van der Waals surface area contributed by atoms with Crippen molar-refractivity contribution in [2.24, 2.45) is 0 Å². The van der Waals surface area contributed by atoms with Gasteiger partial charge in [-0.15, -0.1) is 0 Å². The topological polar surface area (TPSA) is 74.8 Å². The molecule has 98 valence electrons. The number of rotatable bonds is 2. The van der Waals surface area contributed by atoms with Crippen LogP contribution >= 0.6 is 15.9 Å². The van der Waals surface area contributed by atoms with E-state index in [0.717, 1.165) is 6.20 Å².